The van der Waals surface area contributed by atoms with Gasteiger partial charge < -0.3 is 34.1 Å². The normalized spacial score (nSPS) is 14.2. The number of aliphatic carboxylic acids is 1. The van der Waals surface area contributed by atoms with Crippen molar-refractivity contribution in [2.45, 2.75) is 13.0 Å². The number of fused-ring (bicyclic) bond motifs is 1. The molecule has 0 unspecified atom stereocenters. The number of carbonyl (C=O) groups excluding carboxylic acids is 2. The van der Waals surface area contributed by atoms with Crippen molar-refractivity contribution in [2.24, 2.45) is 0 Å². The predicted octanol–water partition coefficient (Wildman–Crippen LogP) is 2.30. The number of ether oxygens (including phenoxy) is 5. The lowest BCUT2D eigenvalue weighted by atomic mass is 10.1. The minimum atomic E-state index is -1.15. The van der Waals surface area contributed by atoms with Crippen LogP contribution in [0.4, 0.5) is 0 Å². The van der Waals surface area contributed by atoms with E-state index in [9.17, 15) is 14.4 Å². The molecule has 174 valence electrons. The van der Waals surface area contributed by atoms with Crippen LogP contribution in [0.15, 0.2) is 36.1 Å². The number of Topliss-reactive ketones (excluding diaryl/α,β-unsaturated/α-hetero) is 1. The van der Waals surface area contributed by atoms with Gasteiger partial charge in [0.05, 0.1) is 26.9 Å². The second-order valence-corrected chi connectivity index (χ2v) is 6.96. The van der Waals surface area contributed by atoms with Crippen LogP contribution < -0.4 is 29.0 Å². The van der Waals surface area contributed by atoms with Crippen molar-refractivity contribution in [3.05, 3.63) is 47.2 Å². The number of nitrogens with one attached hydrogen (secondary N) is 1. The first-order chi connectivity index (χ1) is 15.8. The lowest BCUT2D eigenvalue weighted by Gasteiger charge is -2.12. The number of hydrogen-bond acceptors (Lipinski definition) is 8. The zero-order valence-electron chi connectivity index (χ0n) is 18.5. The molecule has 10 nitrogen and oxygen atoms in total. The van der Waals surface area contributed by atoms with Crippen molar-refractivity contribution >= 4 is 23.7 Å². The number of rotatable bonds is 9. The summed E-state index contributed by atoms with van der Waals surface area (Å²) in [6, 6.07) is 6.79. The Morgan fingerprint density at radius 3 is 2.36 bits per heavy atom. The largest absolute Gasteiger partial charge is 0.496 e. The average molecular weight is 457 g/mol. The van der Waals surface area contributed by atoms with Crippen molar-refractivity contribution in [2.75, 3.05) is 27.9 Å². The van der Waals surface area contributed by atoms with Crippen LogP contribution in [0.5, 0.6) is 28.7 Å². The highest BCUT2D eigenvalue weighted by molar-refractivity contribution is 6.14. The number of methoxy groups -OCH3 is 3. The summed E-state index contributed by atoms with van der Waals surface area (Å²) in [5, 5.41) is 11.1. The van der Waals surface area contributed by atoms with Gasteiger partial charge in [0.1, 0.15) is 23.3 Å². The second-order valence-electron chi connectivity index (χ2n) is 6.96. The number of carboxylic acid groups (broad SMARTS) is 1. The summed E-state index contributed by atoms with van der Waals surface area (Å²) in [7, 11) is 4.50. The first-order valence-electron chi connectivity index (χ1n) is 9.80. The van der Waals surface area contributed by atoms with E-state index in [4.69, 9.17) is 28.8 Å². The Hall–Kier alpha value is -4.21. The van der Waals surface area contributed by atoms with Crippen LogP contribution in [0.3, 0.4) is 0 Å². The van der Waals surface area contributed by atoms with Gasteiger partial charge in [-0.25, -0.2) is 0 Å². The molecule has 0 saturated heterocycles. The second kappa shape index (κ2) is 9.94. The zero-order chi connectivity index (χ0) is 24.1. The molecule has 0 saturated carbocycles. The third-order valence-electron chi connectivity index (χ3n) is 4.78. The maximum atomic E-state index is 12.8. The Kier molecular flexibility index (Phi) is 7.07. The summed E-state index contributed by atoms with van der Waals surface area (Å²) in [5.41, 5.74) is 0.879. The Morgan fingerprint density at radius 2 is 1.73 bits per heavy atom. The van der Waals surface area contributed by atoms with Crippen LogP contribution in [0, 0.1) is 0 Å². The summed E-state index contributed by atoms with van der Waals surface area (Å²) in [6.45, 7) is 0.951. The number of carbonyl (C=O) groups is 3. The molecular formula is C23H23NO9. The molecule has 0 fully saturated rings. The molecule has 0 bridgehead atoms. The van der Waals surface area contributed by atoms with E-state index in [1.807, 2.05) is 0 Å². The van der Waals surface area contributed by atoms with E-state index in [0.29, 0.717) is 28.4 Å². The first-order valence-corrected chi connectivity index (χ1v) is 9.80. The van der Waals surface area contributed by atoms with Crippen LogP contribution in [0.2, 0.25) is 0 Å². The molecule has 1 atom stereocenters. The van der Waals surface area contributed by atoms with Gasteiger partial charge in [0.15, 0.2) is 23.9 Å². The van der Waals surface area contributed by atoms with Gasteiger partial charge in [-0.3, -0.25) is 14.4 Å². The van der Waals surface area contributed by atoms with Crippen LogP contribution in [0.1, 0.15) is 22.8 Å². The average Bonchev–Trinajstić information content (AvgIpc) is 3.11. The van der Waals surface area contributed by atoms with Crippen LogP contribution in [-0.2, 0) is 9.59 Å². The molecular weight excluding hydrogens is 434 g/mol. The molecule has 0 aliphatic carbocycles. The number of carboxylic acids is 1. The predicted molar refractivity (Wildman–Crippen MR) is 116 cm³/mol. The summed E-state index contributed by atoms with van der Waals surface area (Å²) in [5.74, 6) is -0.0737. The Labute approximate surface area is 189 Å². The van der Waals surface area contributed by atoms with E-state index >= 15 is 0 Å². The van der Waals surface area contributed by atoms with Gasteiger partial charge in [0.25, 0.3) is 5.91 Å². The van der Waals surface area contributed by atoms with E-state index in [1.165, 1.54) is 52.5 Å². The van der Waals surface area contributed by atoms with Crippen molar-refractivity contribution in [3.8, 4) is 28.7 Å². The molecule has 2 aromatic carbocycles. The van der Waals surface area contributed by atoms with Gasteiger partial charge in [-0.05, 0) is 31.2 Å². The Bertz CT molecular complexity index is 1120. The van der Waals surface area contributed by atoms with Gasteiger partial charge >= 0.3 is 5.97 Å². The van der Waals surface area contributed by atoms with Crippen LogP contribution in [0.25, 0.3) is 6.08 Å². The van der Waals surface area contributed by atoms with E-state index < -0.39 is 24.5 Å². The zero-order valence-corrected chi connectivity index (χ0v) is 18.5. The smallest absolute Gasteiger partial charge is 0.325 e. The SMILES string of the molecule is COc1cc(OC)c(OC)cc1C=C1Oc2cc(OCC(=O)N[C@H](C)C(=O)O)ccc2C1=O. The number of hydrogen-bond donors (Lipinski definition) is 2. The molecule has 10 heteroatoms. The number of ketones is 1. The summed E-state index contributed by atoms with van der Waals surface area (Å²) in [4.78, 5) is 35.4. The molecule has 0 spiro atoms. The van der Waals surface area contributed by atoms with Gasteiger partial charge in [-0.15, -0.1) is 0 Å². The molecule has 0 aromatic heterocycles. The summed E-state index contributed by atoms with van der Waals surface area (Å²) < 4.78 is 27.1. The van der Waals surface area contributed by atoms with E-state index in [0.717, 1.165) is 0 Å². The first kappa shape index (κ1) is 23.5. The highest BCUT2D eigenvalue weighted by Crippen LogP contribution is 2.39. The monoisotopic (exact) mass is 457 g/mol. The lowest BCUT2D eigenvalue weighted by Crippen LogP contribution is -2.40. The van der Waals surface area contributed by atoms with Crippen molar-refractivity contribution in [1.29, 1.82) is 0 Å². The molecule has 1 aliphatic heterocycles. The lowest BCUT2D eigenvalue weighted by molar-refractivity contribution is -0.141. The topological polar surface area (TPSA) is 130 Å². The van der Waals surface area contributed by atoms with Crippen LogP contribution >= 0.6 is 0 Å². The van der Waals surface area contributed by atoms with Crippen molar-refractivity contribution in [1.82, 2.24) is 5.32 Å². The maximum Gasteiger partial charge on any atom is 0.325 e. The highest BCUT2D eigenvalue weighted by Gasteiger charge is 2.28. The summed E-state index contributed by atoms with van der Waals surface area (Å²) >= 11 is 0. The fourth-order valence-electron chi connectivity index (χ4n) is 3.06. The number of allylic oxidation sites excluding steroid dienone is 1. The molecule has 0 radical (unpaired) electrons. The molecule has 33 heavy (non-hydrogen) atoms. The molecule has 2 N–H and O–H groups in total. The highest BCUT2D eigenvalue weighted by atomic mass is 16.5. The van der Waals surface area contributed by atoms with Gasteiger partial charge in [-0.2, -0.15) is 0 Å². The molecule has 1 amide bonds. The van der Waals surface area contributed by atoms with E-state index in [2.05, 4.69) is 5.32 Å². The fraction of sp³-hybridized carbons (Fsp3) is 0.261. The standard InChI is InChI=1S/C23H23NO9/c1-12(23(27)28)24-21(25)11-32-14-5-6-15-17(9-14)33-20(22(15)26)8-13-7-18(30-3)19(31-4)10-16(13)29-2/h5-10,12H,11H2,1-4H3,(H,24,25)(H,27,28)/t12-/m1/s1. The van der Waals surface area contributed by atoms with Crippen molar-refractivity contribution < 1.29 is 43.2 Å². The quantitative estimate of drug-likeness (QED) is 0.545. The molecule has 3 rings (SSSR count). The minimum absolute atomic E-state index is 0.0701. The maximum absolute atomic E-state index is 12.8. The van der Waals surface area contributed by atoms with Crippen LogP contribution in [-0.4, -0.2) is 56.7 Å². The molecule has 1 heterocycles. The number of amides is 1. The Balaban J connectivity index is 1.78. The van der Waals surface area contributed by atoms with E-state index in [1.54, 1.807) is 12.1 Å². The van der Waals surface area contributed by atoms with Crippen molar-refractivity contribution in [3.63, 3.8) is 0 Å². The fourth-order valence-corrected chi connectivity index (χ4v) is 3.06. The number of benzene rings is 2. The van der Waals surface area contributed by atoms with Gasteiger partial charge in [-0.1, -0.05) is 0 Å². The van der Waals surface area contributed by atoms with Gasteiger partial charge in [0, 0.05) is 17.7 Å². The summed E-state index contributed by atoms with van der Waals surface area (Å²) in [6.07, 6.45) is 1.53. The Morgan fingerprint density at radius 1 is 1.06 bits per heavy atom. The molecule has 2 aromatic rings. The minimum Gasteiger partial charge on any atom is -0.496 e. The molecule has 1 aliphatic rings. The van der Waals surface area contributed by atoms with Gasteiger partial charge in [0.2, 0.25) is 5.78 Å². The van der Waals surface area contributed by atoms with E-state index in [-0.39, 0.29) is 23.0 Å². The third kappa shape index (κ3) is 5.17. The third-order valence-corrected chi connectivity index (χ3v) is 4.78.